The van der Waals surface area contributed by atoms with Crippen molar-refractivity contribution in [3.8, 4) is 5.75 Å². The molecule has 2 heterocycles. The van der Waals surface area contributed by atoms with Crippen LogP contribution in [0.3, 0.4) is 0 Å². The molecule has 0 radical (unpaired) electrons. The molecular weight excluding hydrogens is 697 g/mol. The zero-order chi connectivity index (χ0) is 33.1. The zero-order valence-electron chi connectivity index (χ0n) is 24.7. The van der Waals surface area contributed by atoms with E-state index in [1.54, 1.807) is 42.6 Å². The van der Waals surface area contributed by atoms with Gasteiger partial charge >= 0.3 is 0 Å². The number of ether oxygens (including phenoxy) is 1. The Morgan fingerprint density at radius 1 is 1.00 bits per heavy atom. The molecule has 2 N–H and O–H groups in total. The molecule has 0 aromatic heterocycles. The summed E-state index contributed by atoms with van der Waals surface area (Å²) in [4.78, 5) is 27.1. The summed E-state index contributed by atoms with van der Waals surface area (Å²) in [7, 11) is 1.62. The van der Waals surface area contributed by atoms with Crippen molar-refractivity contribution in [2.45, 2.75) is 18.9 Å². The van der Waals surface area contributed by atoms with E-state index in [4.69, 9.17) is 56.9 Å². The van der Waals surface area contributed by atoms with Crippen LogP contribution in [0.4, 0.5) is 11.4 Å². The monoisotopic (exact) mass is 721 g/mol. The standard InChI is InChI=1S/C34H26Cl3N5O3S2/c1-45-24-15-11-21(12-16-24)29-18-28(20-9-13-23(35)14-10-20)39-41(29)19-30-33(44)42(34(46)47-30)40-31(43)17-22-5-2-3-8-27(22)38-32-25(36)6-4-7-26(32)37/h2-16,19,29,38H,17-18H2,1H3,(H,40,43)/b30-19-. The minimum absolute atomic E-state index is 0.0399. The number of para-hydroxylation sites is 2. The second kappa shape index (κ2) is 14.4. The number of halogens is 3. The largest absolute Gasteiger partial charge is 0.497 e. The first kappa shape index (κ1) is 32.9. The number of hydrazone groups is 1. The van der Waals surface area contributed by atoms with Crippen LogP contribution in [0.5, 0.6) is 5.75 Å². The third kappa shape index (κ3) is 7.42. The highest BCUT2D eigenvalue weighted by molar-refractivity contribution is 8.26. The van der Waals surface area contributed by atoms with Crippen molar-refractivity contribution < 1.29 is 14.3 Å². The first-order chi connectivity index (χ1) is 22.7. The van der Waals surface area contributed by atoms with Gasteiger partial charge < -0.3 is 10.1 Å². The van der Waals surface area contributed by atoms with Crippen molar-refractivity contribution in [2.75, 3.05) is 12.4 Å². The van der Waals surface area contributed by atoms with Crippen LogP contribution < -0.4 is 15.5 Å². The Labute approximate surface area is 296 Å². The molecule has 8 nitrogen and oxygen atoms in total. The van der Waals surface area contributed by atoms with Gasteiger partial charge in [0, 0.05) is 23.3 Å². The summed E-state index contributed by atoms with van der Waals surface area (Å²) < 4.78 is 5.53. The zero-order valence-corrected chi connectivity index (χ0v) is 28.6. The molecule has 6 rings (SSSR count). The number of nitrogens with zero attached hydrogens (tertiary/aromatic N) is 3. The van der Waals surface area contributed by atoms with Gasteiger partial charge in [0.1, 0.15) is 5.75 Å². The number of carbonyl (C=O) groups is 2. The van der Waals surface area contributed by atoms with Crippen molar-refractivity contribution >= 4 is 92.0 Å². The molecule has 2 aliphatic rings. The minimum Gasteiger partial charge on any atom is -0.497 e. The summed E-state index contributed by atoms with van der Waals surface area (Å²) in [5.74, 6) is -0.145. The maximum absolute atomic E-state index is 13.6. The summed E-state index contributed by atoms with van der Waals surface area (Å²) in [6.45, 7) is 0. The lowest BCUT2D eigenvalue weighted by Crippen LogP contribution is -2.45. The lowest BCUT2D eigenvalue weighted by atomic mass is 9.98. The number of amides is 2. The molecule has 4 aromatic carbocycles. The number of nitrogens with one attached hydrogen (secondary N) is 2. The molecule has 1 unspecified atom stereocenters. The molecule has 0 spiro atoms. The number of rotatable bonds is 9. The van der Waals surface area contributed by atoms with E-state index in [1.165, 1.54) is 0 Å². The van der Waals surface area contributed by atoms with Crippen molar-refractivity contribution in [2.24, 2.45) is 5.10 Å². The molecule has 13 heteroatoms. The SMILES string of the molecule is COc1ccc(C2CC(c3ccc(Cl)cc3)=NN2/C=C2\SC(=S)N(NC(=O)Cc3ccccc3Nc3c(Cl)cccc3Cl)C2=O)cc1. The number of benzene rings is 4. The number of thiocarbonyl (C=S) groups is 1. The van der Waals surface area contributed by atoms with Crippen LogP contribution in [0.2, 0.25) is 15.1 Å². The Hall–Kier alpha value is -4.06. The van der Waals surface area contributed by atoms with Gasteiger partial charge in [0.05, 0.1) is 45.9 Å². The fourth-order valence-corrected chi connectivity index (χ4v) is 6.88. The Balaban J connectivity index is 1.20. The third-order valence-corrected chi connectivity index (χ3v) is 9.66. The number of thioether (sulfide) groups is 1. The quantitative estimate of drug-likeness (QED) is 0.132. The maximum atomic E-state index is 13.6. The number of hydrogen-bond acceptors (Lipinski definition) is 8. The summed E-state index contributed by atoms with van der Waals surface area (Å²) in [6.07, 6.45) is 2.23. The van der Waals surface area contributed by atoms with Gasteiger partial charge in [-0.3, -0.25) is 20.0 Å². The summed E-state index contributed by atoms with van der Waals surface area (Å²) in [5.41, 5.74) is 7.28. The molecule has 0 aliphatic carbocycles. The van der Waals surface area contributed by atoms with Gasteiger partial charge in [-0.15, -0.1) is 0 Å². The van der Waals surface area contributed by atoms with E-state index < -0.39 is 11.8 Å². The van der Waals surface area contributed by atoms with Crippen molar-refractivity contribution in [1.29, 1.82) is 0 Å². The lowest BCUT2D eigenvalue weighted by molar-refractivity contribution is -0.132. The Morgan fingerprint density at radius 3 is 2.40 bits per heavy atom. The van der Waals surface area contributed by atoms with E-state index in [1.807, 2.05) is 66.7 Å². The van der Waals surface area contributed by atoms with E-state index in [0.29, 0.717) is 43.3 Å². The number of methoxy groups -OCH3 is 1. The van der Waals surface area contributed by atoms with Crippen LogP contribution in [0.1, 0.15) is 29.2 Å². The Bertz CT molecular complexity index is 1900. The molecule has 2 amide bonds. The van der Waals surface area contributed by atoms with Crippen molar-refractivity contribution in [3.63, 3.8) is 0 Å². The van der Waals surface area contributed by atoms with Crippen LogP contribution >= 0.6 is 58.8 Å². The normalized spacial score (nSPS) is 16.9. The number of carbonyl (C=O) groups excluding carboxylic acids is 2. The van der Waals surface area contributed by atoms with E-state index in [-0.39, 0.29) is 16.8 Å². The highest BCUT2D eigenvalue weighted by Crippen LogP contribution is 2.38. The summed E-state index contributed by atoms with van der Waals surface area (Å²) in [6, 6.07) is 27.5. The molecule has 0 saturated carbocycles. The van der Waals surface area contributed by atoms with Crippen LogP contribution in [0, 0.1) is 0 Å². The molecule has 1 saturated heterocycles. The molecule has 47 heavy (non-hydrogen) atoms. The number of hydrazine groups is 1. The van der Waals surface area contributed by atoms with Crippen LogP contribution in [-0.4, -0.2) is 39.0 Å². The fraction of sp³-hybridized carbons (Fsp3) is 0.118. The Morgan fingerprint density at radius 2 is 1.70 bits per heavy atom. The van der Waals surface area contributed by atoms with Crippen LogP contribution in [0.25, 0.3) is 0 Å². The fourth-order valence-electron chi connectivity index (χ4n) is 5.12. The van der Waals surface area contributed by atoms with Gasteiger partial charge in [0.2, 0.25) is 5.91 Å². The van der Waals surface area contributed by atoms with E-state index in [0.717, 1.165) is 39.4 Å². The van der Waals surface area contributed by atoms with E-state index in [9.17, 15) is 9.59 Å². The summed E-state index contributed by atoms with van der Waals surface area (Å²) in [5, 5.41) is 12.5. The predicted octanol–water partition coefficient (Wildman–Crippen LogP) is 8.53. The predicted molar refractivity (Wildman–Crippen MR) is 193 cm³/mol. The molecule has 1 fully saturated rings. The van der Waals surface area contributed by atoms with Gasteiger partial charge in [-0.25, -0.2) is 0 Å². The van der Waals surface area contributed by atoms with Crippen molar-refractivity contribution in [1.82, 2.24) is 15.4 Å². The Kier molecular flexibility index (Phi) is 10.0. The van der Waals surface area contributed by atoms with Crippen LogP contribution in [-0.2, 0) is 16.0 Å². The van der Waals surface area contributed by atoms with E-state index in [2.05, 4.69) is 10.7 Å². The third-order valence-electron chi connectivity index (χ3n) is 7.49. The van der Waals surface area contributed by atoms with E-state index >= 15 is 0 Å². The maximum Gasteiger partial charge on any atom is 0.286 e. The second-order valence-corrected chi connectivity index (χ2v) is 13.4. The molecular formula is C34H26Cl3N5O3S2. The average Bonchev–Trinajstić information content (AvgIpc) is 3.60. The lowest BCUT2D eigenvalue weighted by Gasteiger charge is -2.21. The van der Waals surface area contributed by atoms with Crippen LogP contribution in [0.15, 0.2) is 107 Å². The second-order valence-electron chi connectivity index (χ2n) is 10.5. The highest BCUT2D eigenvalue weighted by atomic mass is 35.5. The molecule has 0 bridgehead atoms. The first-order valence-corrected chi connectivity index (χ1v) is 16.7. The smallest absolute Gasteiger partial charge is 0.286 e. The van der Waals surface area contributed by atoms with Gasteiger partial charge in [0.25, 0.3) is 5.91 Å². The summed E-state index contributed by atoms with van der Waals surface area (Å²) >= 11 is 25.4. The number of hydrogen-bond donors (Lipinski definition) is 2. The molecule has 2 aliphatic heterocycles. The van der Waals surface area contributed by atoms with Gasteiger partial charge in [-0.1, -0.05) is 95.1 Å². The van der Waals surface area contributed by atoms with Gasteiger partial charge in [-0.05, 0) is 71.4 Å². The van der Waals surface area contributed by atoms with Gasteiger partial charge in [-0.2, -0.15) is 10.1 Å². The van der Waals surface area contributed by atoms with Crippen molar-refractivity contribution in [3.05, 3.63) is 134 Å². The average molecular weight is 723 g/mol. The molecule has 1 atom stereocenters. The number of anilines is 2. The highest BCUT2D eigenvalue weighted by Gasteiger charge is 2.36. The minimum atomic E-state index is -0.453. The molecule has 238 valence electrons. The molecule has 4 aromatic rings. The first-order valence-electron chi connectivity index (χ1n) is 14.3. The van der Waals surface area contributed by atoms with Gasteiger partial charge in [0.15, 0.2) is 4.32 Å². The topological polar surface area (TPSA) is 86.3 Å².